The Balaban J connectivity index is 2.40. The zero-order chi connectivity index (χ0) is 13.3. The number of aromatic amines is 1. The summed E-state index contributed by atoms with van der Waals surface area (Å²) in [4.78, 5) is 0.134. The monoisotopic (exact) mass is 393 g/mol. The summed E-state index contributed by atoms with van der Waals surface area (Å²) in [7, 11) is -3.63. The van der Waals surface area contributed by atoms with Gasteiger partial charge in [0.1, 0.15) is 4.90 Å². The van der Waals surface area contributed by atoms with Crippen molar-refractivity contribution in [2.24, 2.45) is 0 Å². The van der Waals surface area contributed by atoms with Gasteiger partial charge in [-0.3, -0.25) is 9.82 Å². The highest BCUT2D eigenvalue weighted by Gasteiger charge is 2.19. The maximum atomic E-state index is 12.1. The predicted octanol–water partition coefficient (Wildman–Crippen LogP) is 3.04. The van der Waals surface area contributed by atoms with Crippen molar-refractivity contribution < 1.29 is 8.42 Å². The van der Waals surface area contributed by atoms with E-state index >= 15 is 0 Å². The van der Waals surface area contributed by atoms with Crippen LogP contribution in [-0.4, -0.2) is 18.6 Å². The molecule has 5 nitrogen and oxygen atoms in total. The van der Waals surface area contributed by atoms with E-state index in [4.69, 9.17) is 0 Å². The van der Waals surface area contributed by atoms with Crippen molar-refractivity contribution in [1.29, 1.82) is 0 Å². The molecule has 1 heterocycles. The zero-order valence-electron chi connectivity index (χ0n) is 9.24. The smallest absolute Gasteiger partial charge is 0.265 e. The van der Waals surface area contributed by atoms with Gasteiger partial charge in [-0.15, -0.1) is 0 Å². The molecule has 0 radical (unpaired) electrons. The van der Waals surface area contributed by atoms with E-state index < -0.39 is 10.0 Å². The normalized spacial score (nSPS) is 11.5. The minimum atomic E-state index is -3.63. The second-order valence-corrected chi connectivity index (χ2v) is 7.01. The number of anilines is 1. The fraction of sp³-hybridized carbons (Fsp3) is 0.100. The molecule has 0 amide bonds. The number of aryl methyl sites for hydroxylation is 1. The number of rotatable bonds is 3. The molecule has 2 N–H and O–H groups in total. The fourth-order valence-electron chi connectivity index (χ4n) is 1.39. The largest absolute Gasteiger partial charge is 0.281 e. The van der Waals surface area contributed by atoms with Gasteiger partial charge in [0, 0.05) is 8.95 Å². The Hall–Kier alpha value is -0.860. The van der Waals surface area contributed by atoms with Gasteiger partial charge in [0.05, 0.1) is 17.6 Å². The first-order valence-electron chi connectivity index (χ1n) is 4.88. The second-order valence-electron chi connectivity index (χ2n) is 3.59. The maximum absolute atomic E-state index is 12.1. The molecule has 0 spiro atoms. The minimum Gasteiger partial charge on any atom is -0.281 e. The summed E-state index contributed by atoms with van der Waals surface area (Å²) in [6, 6.07) is 5.24. The van der Waals surface area contributed by atoms with Crippen LogP contribution in [0, 0.1) is 6.92 Å². The number of sulfonamides is 1. The third-order valence-corrected chi connectivity index (χ3v) is 4.91. The zero-order valence-corrected chi connectivity index (χ0v) is 13.2. The van der Waals surface area contributed by atoms with E-state index in [0.717, 1.165) is 4.47 Å². The maximum Gasteiger partial charge on any atom is 0.265 e. The molecular weight excluding hydrogens is 386 g/mol. The van der Waals surface area contributed by atoms with Crippen molar-refractivity contribution in [1.82, 2.24) is 10.2 Å². The molecule has 0 aliphatic carbocycles. The molecule has 0 unspecified atom stereocenters. The summed E-state index contributed by atoms with van der Waals surface area (Å²) in [6.45, 7) is 1.65. The molecule has 0 fully saturated rings. The van der Waals surface area contributed by atoms with Crippen molar-refractivity contribution >= 4 is 47.6 Å². The molecular formula is C10H9Br2N3O2S. The van der Waals surface area contributed by atoms with Gasteiger partial charge >= 0.3 is 0 Å². The number of nitrogens with one attached hydrogen (secondary N) is 2. The minimum absolute atomic E-state index is 0.134. The summed E-state index contributed by atoms with van der Waals surface area (Å²) in [5, 5.41) is 6.30. The van der Waals surface area contributed by atoms with Crippen LogP contribution in [0.15, 0.2) is 38.2 Å². The van der Waals surface area contributed by atoms with Crippen LogP contribution >= 0.6 is 31.9 Å². The Bertz CT molecular complexity index is 682. The van der Waals surface area contributed by atoms with Gasteiger partial charge in [-0.05, 0) is 41.1 Å². The van der Waals surface area contributed by atoms with E-state index in [1.54, 1.807) is 19.1 Å². The average molecular weight is 395 g/mol. The second kappa shape index (κ2) is 5.02. The van der Waals surface area contributed by atoms with E-state index in [1.807, 2.05) is 6.07 Å². The first-order valence-corrected chi connectivity index (χ1v) is 7.95. The van der Waals surface area contributed by atoms with Crippen LogP contribution < -0.4 is 4.72 Å². The SMILES string of the molecule is Cc1[nH]ncc1S(=O)(=O)Nc1cc(Br)ccc1Br. The van der Waals surface area contributed by atoms with E-state index in [-0.39, 0.29) is 4.90 Å². The third kappa shape index (κ3) is 2.76. The topological polar surface area (TPSA) is 74.8 Å². The Kier molecular flexibility index (Phi) is 3.79. The molecule has 2 aromatic rings. The van der Waals surface area contributed by atoms with Gasteiger partial charge in [-0.1, -0.05) is 15.9 Å². The van der Waals surface area contributed by atoms with E-state index in [2.05, 4.69) is 46.8 Å². The molecule has 0 aliphatic heterocycles. The van der Waals surface area contributed by atoms with E-state index in [0.29, 0.717) is 15.9 Å². The lowest BCUT2D eigenvalue weighted by atomic mass is 10.3. The Morgan fingerprint density at radius 2 is 2.06 bits per heavy atom. The number of benzene rings is 1. The van der Waals surface area contributed by atoms with Crippen molar-refractivity contribution in [3.63, 3.8) is 0 Å². The highest BCUT2D eigenvalue weighted by atomic mass is 79.9. The van der Waals surface area contributed by atoms with Crippen molar-refractivity contribution in [3.8, 4) is 0 Å². The summed E-state index contributed by atoms with van der Waals surface area (Å²) >= 11 is 6.59. The Labute approximate surface area is 121 Å². The highest BCUT2D eigenvalue weighted by Crippen LogP contribution is 2.28. The Morgan fingerprint density at radius 1 is 1.33 bits per heavy atom. The fourth-order valence-corrected chi connectivity index (χ4v) is 3.43. The van der Waals surface area contributed by atoms with E-state index in [9.17, 15) is 8.42 Å². The molecule has 8 heteroatoms. The van der Waals surface area contributed by atoms with Gasteiger partial charge in [0.15, 0.2) is 0 Å². The number of nitrogens with zero attached hydrogens (tertiary/aromatic N) is 1. The van der Waals surface area contributed by atoms with Crippen molar-refractivity contribution in [3.05, 3.63) is 39.0 Å². The highest BCUT2D eigenvalue weighted by molar-refractivity contribution is 9.11. The van der Waals surface area contributed by atoms with Crippen LogP contribution in [0.2, 0.25) is 0 Å². The lowest BCUT2D eigenvalue weighted by Gasteiger charge is -2.09. The molecule has 1 aromatic carbocycles. The van der Waals surface area contributed by atoms with Crippen LogP contribution in [0.3, 0.4) is 0 Å². The van der Waals surface area contributed by atoms with Crippen molar-refractivity contribution in [2.75, 3.05) is 4.72 Å². The number of hydrogen-bond acceptors (Lipinski definition) is 3. The molecule has 0 saturated heterocycles. The van der Waals surface area contributed by atoms with Crippen LogP contribution in [0.25, 0.3) is 0 Å². The van der Waals surface area contributed by atoms with Crippen LogP contribution in [-0.2, 0) is 10.0 Å². The number of aromatic nitrogens is 2. The van der Waals surface area contributed by atoms with E-state index in [1.165, 1.54) is 6.20 Å². The number of hydrogen-bond donors (Lipinski definition) is 2. The predicted molar refractivity (Wildman–Crippen MR) is 76.0 cm³/mol. The molecule has 0 bridgehead atoms. The van der Waals surface area contributed by atoms with Gasteiger partial charge < -0.3 is 0 Å². The molecule has 0 saturated carbocycles. The standard InChI is InChI=1S/C10H9Br2N3O2S/c1-6-10(5-13-14-6)18(16,17)15-9-4-7(11)2-3-8(9)12/h2-5,15H,1H3,(H,13,14). The first-order chi connectivity index (χ1) is 8.40. The van der Waals surface area contributed by atoms with Crippen LogP contribution in [0.4, 0.5) is 5.69 Å². The quantitative estimate of drug-likeness (QED) is 0.839. The Morgan fingerprint density at radius 3 is 2.67 bits per heavy atom. The summed E-state index contributed by atoms with van der Waals surface area (Å²) in [6.07, 6.45) is 1.28. The number of H-pyrrole nitrogens is 1. The first kappa shape index (κ1) is 13.6. The molecule has 1 aromatic heterocycles. The van der Waals surface area contributed by atoms with Crippen LogP contribution in [0.5, 0.6) is 0 Å². The molecule has 96 valence electrons. The van der Waals surface area contributed by atoms with Crippen LogP contribution in [0.1, 0.15) is 5.69 Å². The lowest BCUT2D eigenvalue weighted by molar-refractivity contribution is 0.600. The molecule has 0 aliphatic rings. The molecule has 2 rings (SSSR count). The lowest BCUT2D eigenvalue weighted by Crippen LogP contribution is -2.13. The van der Waals surface area contributed by atoms with Gasteiger partial charge in [-0.2, -0.15) is 5.10 Å². The van der Waals surface area contributed by atoms with Crippen molar-refractivity contribution in [2.45, 2.75) is 11.8 Å². The van der Waals surface area contributed by atoms with Gasteiger partial charge in [0.2, 0.25) is 0 Å². The summed E-state index contributed by atoms with van der Waals surface area (Å²) in [5.41, 5.74) is 0.957. The average Bonchev–Trinajstić information content (AvgIpc) is 2.70. The summed E-state index contributed by atoms with van der Waals surface area (Å²) in [5.74, 6) is 0. The van der Waals surface area contributed by atoms with Gasteiger partial charge in [0.25, 0.3) is 10.0 Å². The molecule has 18 heavy (non-hydrogen) atoms. The number of halogens is 2. The molecule has 0 atom stereocenters. The third-order valence-electron chi connectivity index (χ3n) is 2.25. The summed E-state index contributed by atoms with van der Waals surface area (Å²) < 4.78 is 28.2. The van der Waals surface area contributed by atoms with Gasteiger partial charge in [-0.25, -0.2) is 8.42 Å².